The minimum Gasteiger partial charge on any atom is -0.374 e. The number of hydrogen-bond acceptors (Lipinski definition) is 3. The number of imidazole rings is 1. The van der Waals surface area contributed by atoms with E-state index in [1.54, 1.807) is 18.5 Å². The van der Waals surface area contributed by atoms with E-state index in [-0.39, 0.29) is 6.04 Å². The number of H-pyrrole nitrogens is 1. The van der Waals surface area contributed by atoms with E-state index >= 15 is 0 Å². The Hall–Kier alpha value is -1.80. The second-order valence-corrected chi connectivity index (χ2v) is 4.56. The second kappa shape index (κ2) is 5.02. The molecule has 1 heterocycles. The second-order valence-electron chi connectivity index (χ2n) is 3.64. The van der Waals surface area contributed by atoms with Crippen molar-refractivity contribution in [2.75, 3.05) is 5.32 Å². The molecule has 2 aromatic rings. The standard InChI is InChI=1S/C12H11BrN4/c1-8(12-15-4-5-16-12)17-11-3-2-10(13)6-9(11)7-14/h2-6,8,17H,1H3,(H,15,16). The summed E-state index contributed by atoms with van der Waals surface area (Å²) >= 11 is 3.34. The van der Waals surface area contributed by atoms with Crippen molar-refractivity contribution in [1.29, 1.82) is 5.26 Å². The van der Waals surface area contributed by atoms with Gasteiger partial charge in [-0.3, -0.25) is 0 Å². The Kier molecular flexibility index (Phi) is 3.45. The minimum atomic E-state index is 0.0262. The zero-order valence-corrected chi connectivity index (χ0v) is 10.8. The van der Waals surface area contributed by atoms with E-state index in [1.165, 1.54) is 0 Å². The Labute approximate surface area is 108 Å². The molecule has 0 amide bonds. The van der Waals surface area contributed by atoms with Gasteiger partial charge in [-0.25, -0.2) is 4.98 Å². The lowest BCUT2D eigenvalue weighted by Gasteiger charge is -2.14. The summed E-state index contributed by atoms with van der Waals surface area (Å²) in [6.07, 6.45) is 3.49. The van der Waals surface area contributed by atoms with Crippen LogP contribution in [-0.4, -0.2) is 9.97 Å². The molecule has 2 rings (SSSR count). The molecule has 1 unspecified atom stereocenters. The van der Waals surface area contributed by atoms with Gasteiger partial charge < -0.3 is 10.3 Å². The van der Waals surface area contributed by atoms with E-state index in [1.807, 2.05) is 19.1 Å². The fraction of sp³-hybridized carbons (Fsp3) is 0.167. The van der Waals surface area contributed by atoms with Crippen molar-refractivity contribution < 1.29 is 0 Å². The lowest BCUT2D eigenvalue weighted by molar-refractivity contribution is 0.809. The van der Waals surface area contributed by atoms with Gasteiger partial charge in [-0.1, -0.05) is 15.9 Å². The predicted octanol–water partition coefficient (Wildman–Crippen LogP) is 3.22. The SMILES string of the molecule is CC(Nc1ccc(Br)cc1C#N)c1ncc[nH]1. The minimum absolute atomic E-state index is 0.0262. The normalized spacial score (nSPS) is 11.8. The maximum Gasteiger partial charge on any atom is 0.128 e. The van der Waals surface area contributed by atoms with Crippen LogP contribution in [0.5, 0.6) is 0 Å². The van der Waals surface area contributed by atoms with E-state index in [0.29, 0.717) is 5.56 Å². The van der Waals surface area contributed by atoms with Gasteiger partial charge in [0.2, 0.25) is 0 Å². The molecule has 86 valence electrons. The maximum absolute atomic E-state index is 9.05. The molecule has 0 saturated carbocycles. The smallest absolute Gasteiger partial charge is 0.128 e. The highest BCUT2D eigenvalue weighted by Crippen LogP contribution is 2.23. The quantitative estimate of drug-likeness (QED) is 0.912. The molecule has 0 aliphatic carbocycles. The number of nitrogens with zero attached hydrogens (tertiary/aromatic N) is 2. The van der Waals surface area contributed by atoms with Gasteiger partial charge in [0.25, 0.3) is 0 Å². The van der Waals surface area contributed by atoms with E-state index in [2.05, 4.69) is 37.3 Å². The van der Waals surface area contributed by atoms with Gasteiger partial charge in [0.15, 0.2) is 0 Å². The molecule has 0 fully saturated rings. The van der Waals surface area contributed by atoms with Crippen molar-refractivity contribution in [3.8, 4) is 6.07 Å². The first-order valence-corrected chi connectivity index (χ1v) is 5.95. The number of nitrogens with one attached hydrogen (secondary N) is 2. The van der Waals surface area contributed by atoms with Crippen LogP contribution < -0.4 is 5.32 Å². The molecule has 5 heteroatoms. The van der Waals surface area contributed by atoms with Gasteiger partial charge in [-0.2, -0.15) is 5.26 Å². The van der Waals surface area contributed by atoms with Crippen LogP contribution in [0.4, 0.5) is 5.69 Å². The van der Waals surface area contributed by atoms with Gasteiger partial charge in [-0.05, 0) is 25.1 Å². The van der Waals surface area contributed by atoms with E-state index < -0.39 is 0 Å². The molecular formula is C12H11BrN4. The van der Waals surface area contributed by atoms with Crippen LogP contribution >= 0.6 is 15.9 Å². The number of aromatic amines is 1. The monoisotopic (exact) mass is 290 g/mol. The van der Waals surface area contributed by atoms with Crippen molar-refractivity contribution in [1.82, 2.24) is 9.97 Å². The first-order chi connectivity index (χ1) is 8.20. The third-order valence-corrected chi connectivity index (χ3v) is 2.90. The van der Waals surface area contributed by atoms with Crippen molar-refractivity contribution in [3.05, 3.63) is 46.5 Å². The summed E-state index contributed by atoms with van der Waals surface area (Å²) < 4.78 is 0.894. The van der Waals surface area contributed by atoms with Crippen LogP contribution in [-0.2, 0) is 0 Å². The van der Waals surface area contributed by atoms with E-state index in [4.69, 9.17) is 5.26 Å². The number of aromatic nitrogens is 2. The van der Waals surface area contributed by atoms with Crippen LogP contribution in [0.3, 0.4) is 0 Å². The van der Waals surface area contributed by atoms with Crippen LogP contribution in [0, 0.1) is 11.3 Å². The number of halogens is 1. The molecule has 4 nitrogen and oxygen atoms in total. The molecule has 1 atom stereocenters. The molecule has 1 aromatic heterocycles. The lowest BCUT2D eigenvalue weighted by atomic mass is 10.2. The first-order valence-electron chi connectivity index (χ1n) is 5.16. The molecular weight excluding hydrogens is 280 g/mol. The molecule has 2 N–H and O–H groups in total. The summed E-state index contributed by atoms with van der Waals surface area (Å²) in [4.78, 5) is 7.22. The number of nitriles is 1. The molecule has 0 bridgehead atoms. The molecule has 0 radical (unpaired) electrons. The largest absolute Gasteiger partial charge is 0.374 e. The third kappa shape index (κ3) is 2.66. The molecule has 17 heavy (non-hydrogen) atoms. The Bertz CT molecular complexity index is 542. The van der Waals surface area contributed by atoms with Crippen molar-refractivity contribution in [3.63, 3.8) is 0 Å². The third-order valence-electron chi connectivity index (χ3n) is 2.40. The fourth-order valence-electron chi connectivity index (χ4n) is 1.55. The van der Waals surface area contributed by atoms with Gasteiger partial charge in [0.1, 0.15) is 11.9 Å². The van der Waals surface area contributed by atoms with Crippen molar-refractivity contribution in [2.24, 2.45) is 0 Å². The summed E-state index contributed by atoms with van der Waals surface area (Å²) in [5, 5.41) is 12.3. The Morgan fingerprint density at radius 1 is 1.53 bits per heavy atom. The maximum atomic E-state index is 9.05. The summed E-state index contributed by atoms with van der Waals surface area (Å²) in [5.41, 5.74) is 1.41. The molecule has 0 aliphatic rings. The van der Waals surface area contributed by atoms with Gasteiger partial charge >= 0.3 is 0 Å². The number of benzene rings is 1. The zero-order chi connectivity index (χ0) is 12.3. The fourth-order valence-corrected chi connectivity index (χ4v) is 1.91. The van der Waals surface area contributed by atoms with Gasteiger partial charge in [0, 0.05) is 16.9 Å². The molecule has 1 aromatic carbocycles. The van der Waals surface area contributed by atoms with Crippen LogP contribution in [0.1, 0.15) is 24.4 Å². The van der Waals surface area contributed by atoms with Crippen LogP contribution in [0.2, 0.25) is 0 Å². The zero-order valence-electron chi connectivity index (χ0n) is 9.24. The summed E-state index contributed by atoms with van der Waals surface area (Å²) in [5.74, 6) is 0.844. The highest BCUT2D eigenvalue weighted by molar-refractivity contribution is 9.10. The first kappa shape index (κ1) is 11.7. The van der Waals surface area contributed by atoms with Crippen molar-refractivity contribution in [2.45, 2.75) is 13.0 Å². The highest BCUT2D eigenvalue weighted by atomic mass is 79.9. The Morgan fingerprint density at radius 2 is 2.35 bits per heavy atom. The molecule has 0 aliphatic heterocycles. The lowest BCUT2D eigenvalue weighted by Crippen LogP contribution is -2.09. The highest BCUT2D eigenvalue weighted by Gasteiger charge is 2.10. The van der Waals surface area contributed by atoms with Crippen molar-refractivity contribution >= 4 is 21.6 Å². The average molecular weight is 291 g/mol. The van der Waals surface area contributed by atoms with E-state index in [9.17, 15) is 0 Å². The van der Waals surface area contributed by atoms with E-state index in [0.717, 1.165) is 16.0 Å². The summed E-state index contributed by atoms with van der Waals surface area (Å²) in [7, 11) is 0. The van der Waals surface area contributed by atoms with Crippen LogP contribution in [0.15, 0.2) is 35.1 Å². The summed E-state index contributed by atoms with van der Waals surface area (Å²) in [6, 6.07) is 7.76. The molecule has 0 saturated heterocycles. The number of rotatable bonds is 3. The Balaban J connectivity index is 2.22. The average Bonchev–Trinajstić information content (AvgIpc) is 2.85. The number of anilines is 1. The predicted molar refractivity (Wildman–Crippen MR) is 69.5 cm³/mol. The number of hydrogen-bond donors (Lipinski definition) is 2. The van der Waals surface area contributed by atoms with Gasteiger partial charge in [-0.15, -0.1) is 0 Å². The Morgan fingerprint density at radius 3 is 3.00 bits per heavy atom. The van der Waals surface area contributed by atoms with Gasteiger partial charge in [0.05, 0.1) is 17.3 Å². The summed E-state index contributed by atoms with van der Waals surface area (Å²) in [6.45, 7) is 1.99. The molecule has 0 spiro atoms. The topological polar surface area (TPSA) is 64.5 Å². The van der Waals surface area contributed by atoms with Crippen LogP contribution in [0.25, 0.3) is 0 Å².